The molecule has 1 atom stereocenters. The number of nitrogens with zero attached hydrogens (tertiary/aromatic N) is 2. The largest absolute Gasteiger partial charge is 0.433 e. The Bertz CT molecular complexity index is 1120. The highest BCUT2D eigenvalue weighted by Gasteiger charge is 2.39. The third-order valence-electron chi connectivity index (χ3n) is 5.36. The van der Waals surface area contributed by atoms with E-state index >= 15 is 0 Å². The molecule has 1 fully saturated rings. The van der Waals surface area contributed by atoms with Gasteiger partial charge < -0.3 is 10.2 Å². The molecule has 2 N–H and O–H groups in total. The van der Waals surface area contributed by atoms with E-state index in [-0.39, 0.29) is 43.3 Å². The second kappa shape index (κ2) is 8.06. The number of aromatic nitrogens is 1. The van der Waals surface area contributed by atoms with E-state index in [1.165, 1.54) is 4.90 Å². The van der Waals surface area contributed by atoms with Crippen molar-refractivity contribution in [3.8, 4) is 0 Å². The number of amides is 4. The van der Waals surface area contributed by atoms with Crippen LogP contribution in [-0.2, 0) is 28.9 Å². The van der Waals surface area contributed by atoms with Crippen LogP contribution in [-0.4, -0.2) is 39.6 Å². The smallest absolute Gasteiger partial charge is 0.348 e. The third-order valence-corrected chi connectivity index (χ3v) is 5.36. The van der Waals surface area contributed by atoms with Gasteiger partial charge in [-0.1, -0.05) is 12.1 Å². The number of carbonyl (C=O) groups is 4. The minimum Gasteiger partial charge on any atom is -0.348 e. The highest BCUT2D eigenvalue weighted by atomic mass is 19.4. The number of rotatable bonds is 4. The van der Waals surface area contributed by atoms with Gasteiger partial charge in [-0.2, -0.15) is 13.2 Å². The SMILES string of the molecule is O=C1CCC(N2Cc3cc(CNC(=O)c4ccc(C(F)(F)F)nc4)ccc3C2=O)C(=O)N1. The van der Waals surface area contributed by atoms with E-state index in [2.05, 4.69) is 15.6 Å². The molecule has 0 saturated carbocycles. The molecule has 32 heavy (non-hydrogen) atoms. The first-order chi connectivity index (χ1) is 15.1. The Hall–Kier alpha value is -3.76. The number of hydrogen-bond acceptors (Lipinski definition) is 5. The Morgan fingerprint density at radius 2 is 1.97 bits per heavy atom. The lowest BCUT2D eigenvalue weighted by atomic mass is 10.0. The van der Waals surface area contributed by atoms with E-state index in [1.807, 2.05) is 0 Å². The molecule has 11 heteroatoms. The van der Waals surface area contributed by atoms with Gasteiger partial charge in [0.15, 0.2) is 0 Å². The van der Waals surface area contributed by atoms with E-state index in [4.69, 9.17) is 0 Å². The molecule has 0 aliphatic carbocycles. The van der Waals surface area contributed by atoms with Crippen molar-refractivity contribution in [2.45, 2.75) is 38.1 Å². The second-order valence-corrected chi connectivity index (χ2v) is 7.50. The first kappa shape index (κ1) is 21.5. The zero-order valence-corrected chi connectivity index (χ0v) is 16.5. The quantitative estimate of drug-likeness (QED) is 0.697. The van der Waals surface area contributed by atoms with Gasteiger partial charge in [0.05, 0.1) is 5.56 Å². The van der Waals surface area contributed by atoms with Crippen LogP contribution >= 0.6 is 0 Å². The third kappa shape index (κ3) is 4.18. The number of fused-ring (bicyclic) bond motifs is 1. The van der Waals surface area contributed by atoms with E-state index in [1.54, 1.807) is 18.2 Å². The Balaban J connectivity index is 1.40. The number of nitrogens with one attached hydrogen (secondary N) is 2. The molecule has 1 saturated heterocycles. The fourth-order valence-corrected chi connectivity index (χ4v) is 3.72. The molecule has 4 rings (SSSR count). The van der Waals surface area contributed by atoms with Gasteiger partial charge in [-0.25, -0.2) is 0 Å². The molecule has 8 nitrogen and oxygen atoms in total. The van der Waals surface area contributed by atoms with Gasteiger partial charge in [0.1, 0.15) is 11.7 Å². The van der Waals surface area contributed by atoms with Crippen molar-refractivity contribution < 1.29 is 32.3 Å². The maximum Gasteiger partial charge on any atom is 0.433 e. The molecule has 1 aromatic heterocycles. The Kier molecular flexibility index (Phi) is 5.41. The summed E-state index contributed by atoms with van der Waals surface area (Å²) < 4.78 is 37.8. The van der Waals surface area contributed by atoms with Gasteiger partial charge in [-0.15, -0.1) is 0 Å². The molecule has 0 radical (unpaired) electrons. The maximum absolute atomic E-state index is 12.7. The number of hydrogen-bond donors (Lipinski definition) is 2. The van der Waals surface area contributed by atoms with Crippen LogP contribution < -0.4 is 10.6 Å². The molecule has 0 spiro atoms. The topological polar surface area (TPSA) is 108 Å². The minimum absolute atomic E-state index is 0.0154. The lowest BCUT2D eigenvalue weighted by molar-refractivity contribution is -0.141. The summed E-state index contributed by atoms with van der Waals surface area (Å²) in [4.78, 5) is 53.0. The zero-order chi connectivity index (χ0) is 23.0. The highest BCUT2D eigenvalue weighted by molar-refractivity contribution is 6.05. The molecule has 0 bridgehead atoms. The van der Waals surface area contributed by atoms with Crippen molar-refractivity contribution >= 4 is 23.6 Å². The van der Waals surface area contributed by atoms with Crippen molar-refractivity contribution in [3.05, 3.63) is 64.5 Å². The van der Waals surface area contributed by atoms with Crippen LogP contribution in [0, 0.1) is 0 Å². The zero-order valence-electron chi connectivity index (χ0n) is 16.5. The summed E-state index contributed by atoms with van der Waals surface area (Å²) in [6.45, 7) is 0.283. The predicted octanol–water partition coefficient (Wildman–Crippen LogP) is 1.79. The molecular weight excluding hydrogens is 429 g/mol. The summed E-state index contributed by atoms with van der Waals surface area (Å²) in [5.74, 6) is -1.76. The lowest BCUT2D eigenvalue weighted by Gasteiger charge is -2.29. The number of halogens is 3. The van der Waals surface area contributed by atoms with Gasteiger partial charge in [0.25, 0.3) is 11.8 Å². The van der Waals surface area contributed by atoms with Gasteiger partial charge >= 0.3 is 6.18 Å². The fraction of sp³-hybridized carbons (Fsp3) is 0.286. The van der Waals surface area contributed by atoms with Crippen LogP contribution in [0.3, 0.4) is 0 Å². The summed E-state index contributed by atoms with van der Waals surface area (Å²) in [6.07, 6.45) is -3.31. The van der Waals surface area contributed by atoms with Gasteiger partial charge in [0.2, 0.25) is 11.8 Å². The van der Waals surface area contributed by atoms with Crippen LogP contribution in [0.15, 0.2) is 36.5 Å². The molecule has 1 aromatic carbocycles. The van der Waals surface area contributed by atoms with E-state index in [9.17, 15) is 32.3 Å². The summed E-state index contributed by atoms with van der Waals surface area (Å²) in [5.41, 5.74) is 0.700. The standard InChI is InChI=1S/C21H17F3N4O4/c22-21(23,24)16-5-2-12(9-25-16)18(30)26-8-11-1-3-14-13(7-11)10-28(20(14)32)15-4-6-17(29)27-19(15)31/h1-3,5,7,9,15H,4,6,8,10H2,(H,26,30)(H,27,29,31). The predicted molar refractivity (Wildman–Crippen MR) is 103 cm³/mol. The van der Waals surface area contributed by atoms with Gasteiger partial charge in [-0.3, -0.25) is 29.5 Å². The van der Waals surface area contributed by atoms with E-state index in [0.29, 0.717) is 16.7 Å². The Morgan fingerprint density at radius 3 is 2.62 bits per heavy atom. The fourth-order valence-electron chi connectivity index (χ4n) is 3.72. The summed E-state index contributed by atoms with van der Waals surface area (Å²) in [5, 5.41) is 4.84. The van der Waals surface area contributed by atoms with Crippen molar-refractivity contribution in [2.24, 2.45) is 0 Å². The first-order valence-electron chi connectivity index (χ1n) is 9.71. The summed E-state index contributed by atoms with van der Waals surface area (Å²) >= 11 is 0. The monoisotopic (exact) mass is 446 g/mol. The average molecular weight is 446 g/mol. The first-order valence-corrected chi connectivity index (χ1v) is 9.71. The van der Waals surface area contributed by atoms with E-state index in [0.717, 1.165) is 18.3 Å². The second-order valence-electron chi connectivity index (χ2n) is 7.50. The molecule has 1 unspecified atom stereocenters. The van der Waals surface area contributed by atoms with Crippen LogP contribution in [0.4, 0.5) is 13.2 Å². The highest BCUT2D eigenvalue weighted by Crippen LogP contribution is 2.29. The number of alkyl halides is 3. The van der Waals surface area contributed by atoms with Crippen molar-refractivity contribution in [1.29, 1.82) is 0 Å². The van der Waals surface area contributed by atoms with Crippen LogP contribution in [0.1, 0.15) is 50.4 Å². The number of imide groups is 1. The molecule has 166 valence electrons. The number of carbonyl (C=O) groups excluding carboxylic acids is 4. The van der Waals surface area contributed by atoms with Crippen molar-refractivity contribution in [2.75, 3.05) is 0 Å². The number of piperidine rings is 1. The molecule has 2 aliphatic rings. The number of pyridine rings is 1. The van der Waals surface area contributed by atoms with Crippen LogP contribution in [0.25, 0.3) is 0 Å². The van der Waals surface area contributed by atoms with Gasteiger partial charge in [-0.05, 0) is 35.7 Å². The molecular formula is C21H17F3N4O4. The van der Waals surface area contributed by atoms with Crippen LogP contribution in [0.5, 0.6) is 0 Å². The van der Waals surface area contributed by atoms with Crippen molar-refractivity contribution in [3.63, 3.8) is 0 Å². The normalized spacial score (nSPS) is 18.4. The average Bonchev–Trinajstić information content (AvgIpc) is 3.07. The molecule has 3 heterocycles. The molecule has 2 aliphatic heterocycles. The van der Waals surface area contributed by atoms with Gasteiger partial charge in [0, 0.05) is 31.3 Å². The Labute approximate surface area is 179 Å². The summed E-state index contributed by atoms with van der Waals surface area (Å²) in [7, 11) is 0. The summed E-state index contributed by atoms with van der Waals surface area (Å²) in [6, 6.07) is 6.04. The molecule has 2 aromatic rings. The minimum atomic E-state index is -4.58. The molecule has 4 amide bonds. The lowest BCUT2D eigenvalue weighted by Crippen LogP contribution is -2.52. The van der Waals surface area contributed by atoms with E-state index < -0.39 is 29.7 Å². The Morgan fingerprint density at radius 1 is 1.19 bits per heavy atom. The van der Waals surface area contributed by atoms with Crippen LogP contribution in [0.2, 0.25) is 0 Å². The maximum atomic E-state index is 12.7. The number of benzene rings is 1. The van der Waals surface area contributed by atoms with Crippen molar-refractivity contribution in [1.82, 2.24) is 20.5 Å².